The van der Waals surface area contributed by atoms with E-state index in [0.717, 1.165) is 45.3 Å². The predicted octanol–water partition coefficient (Wildman–Crippen LogP) is 4.10. The number of nitrogens with zero attached hydrogens (tertiary/aromatic N) is 1. The normalized spacial score (nSPS) is 16.4. The second kappa shape index (κ2) is 12.0. The zero-order valence-electron chi connectivity index (χ0n) is 14.1. The van der Waals surface area contributed by atoms with Gasteiger partial charge in [0.2, 0.25) is 5.91 Å². The number of hydrogen-bond donors (Lipinski definition) is 1. The summed E-state index contributed by atoms with van der Waals surface area (Å²) in [5, 5.41) is 0. The van der Waals surface area contributed by atoms with E-state index in [-0.39, 0.29) is 0 Å². The van der Waals surface area contributed by atoms with Crippen LogP contribution in [0, 0.1) is 5.92 Å². The lowest BCUT2D eigenvalue weighted by molar-refractivity contribution is -0.132. The van der Waals surface area contributed by atoms with E-state index in [2.05, 4.69) is 11.8 Å². The molecule has 2 N–H and O–H groups in total. The summed E-state index contributed by atoms with van der Waals surface area (Å²) in [7, 11) is 0. The topological polar surface area (TPSA) is 46.3 Å². The van der Waals surface area contributed by atoms with Gasteiger partial charge < -0.3 is 10.6 Å². The number of carbonyl (C=O) groups excluding carboxylic acids is 1. The minimum Gasteiger partial charge on any atom is -0.343 e. The number of hydrogen-bond acceptors (Lipinski definition) is 2. The maximum absolute atomic E-state index is 12.1. The van der Waals surface area contributed by atoms with Gasteiger partial charge in [0.25, 0.3) is 0 Å². The van der Waals surface area contributed by atoms with Crippen molar-refractivity contribution in [1.82, 2.24) is 4.90 Å². The molecule has 1 rings (SSSR count). The molecule has 124 valence electrons. The first-order chi connectivity index (χ1) is 10.3. The number of rotatable bonds is 11. The Bertz CT molecular complexity index is 260. The molecule has 1 heterocycles. The lowest BCUT2D eigenvalue weighted by Gasteiger charge is -2.31. The summed E-state index contributed by atoms with van der Waals surface area (Å²) in [5.41, 5.74) is 5.69. The quantitative estimate of drug-likeness (QED) is 0.583. The highest BCUT2D eigenvalue weighted by molar-refractivity contribution is 5.76. The van der Waals surface area contributed by atoms with Gasteiger partial charge >= 0.3 is 0 Å². The third-order valence-electron chi connectivity index (χ3n) is 4.79. The summed E-state index contributed by atoms with van der Waals surface area (Å²) in [6.45, 7) is 4.89. The van der Waals surface area contributed by atoms with Crippen molar-refractivity contribution in [3.05, 3.63) is 0 Å². The van der Waals surface area contributed by atoms with Gasteiger partial charge in [-0.15, -0.1) is 0 Å². The third kappa shape index (κ3) is 8.45. The van der Waals surface area contributed by atoms with Crippen LogP contribution < -0.4 is 5.73 Å². The zero-order valence-corrected chi connectivity index (χ0v) is 14.1. The Balaban J connectivity index is 1.92. The van der Waals surface area contributed by atoms with Crippen LogP contribution >= 0.6 is 0 Å². The number of unbranched alkanes of at least 4 members (excludes halogenated alkanes) is 8. The molecule has 0 saturated carbocycles. The SMILES string of the molecule is CCCCCCCCCCCC(=O)N1CCC(CN)CC1. The van der Waals surface area contributed by atoms with E-state index in [9.17, 15) is 4.79 Å². The molecule has 21 heavy (non-hydrogen) atoms. The molecule has 3 nitrogen and oxygen atoms in total. The number of likely N-dealkylation sites (tertiary alicyclic amines) is 1. The van der Waals surface area contributed by atoms with Gasteiger partial charge in [0, 0.05) is 19.5 Å². The number of nitrogens with two attached hydrogens (primary N) is 1. The molecule has 0 aromatic carbocycles. The minimum absolute atomic E-state index is 0.369. The molecule has 0 aromatic heterocycles. The fraction of sp³-hybridized carbons (Fsp3) is 0.944. The van der Waals surface area contributed by atoms with Gasteiger partial charge in [-0.1, -0.05) is 58.3 Å². The highest BCUT2D eigenvalue weighted by atomic mass is 16.2. The fourth-order valence-electron chi connectivity index (χ4n) is 3.16. The molecule has 1 amide bonds. The molecule has 0 atom stereocenters. The van der Waals surface area contributed by atoms with Crippen LogP contribution in [0.4, 0.5) is 0 Å². The first kappa shape index (κ1) is 18.5. The van der Waals surface area contributed by atoms with Crippen LogP contribution in [0.5, 0.6) is 0 Å². The fourth-order valence-corrected chi connectivity index (χ4v) is 3.16. The summed E-state index contributed by atoms with van der Waals surface area (Å²) < 4.78 is 0. The molecule has 1 fully saturated rings. The Morgan fingerprint density at radius 2 is 1.48 bits per heavy atom. The minimum atomic E-state index is 0.369. The van der Waals surface area contributed by atoms with Crippen LogP contribution in [-0.2, 0) is 4.79 Å². The van der Waals surface area contributed by atoms with Crippen molar-refractivity contribution in [3.63, 3.8) is 0 Å². The molecule has 0 aromatic rings. The number of piperidine rings is 1. The van der Waals surface area contributed by atoms with Crippen molar-refractivity contribution in [2.45, 2.75) is 84.0 Å². The van der Waals surface area contributed by atoms with Gasteiger partial charge in [-0.3, -0.25) is 4.79 Å². The van der Waals surface area contributed by atoms with E-state index in [4.69, 9.17) is 5.73 Å². The van der Waals surface area contributed by atoms with Crippen LogP contribution in [0.3, 0.4) is 0 Å². The molecular weight excluding hydrogens is 260 g/mol. The van der Waals surface area contributed by atoms with Gasteiger partial charge in [-0.05, 0) is 31.7 Å². The Kier molecular flexibility index (Phi) is 10.6. The standard InChI is InChI=1S/C18H36N2O/c1-2-3-4-5-6-7-8-9-10-11-18(21)20-14-12-17(16-19)13-15-20/h17H,2-16,19H2,1H3. The molecule has 0 spiro atoms. The van der Waals surface area contributed by atoms with E-state index in [1.165, 1.54) is 51.4 Å². The maximum Gasteiger partial charge on any atom is 0.222 e. The van der Waals surface area contributed by atoms with E-state index in [1.807, 2.05) is 0 Å². The molecule has 1 saturated heterocycles. The maximum atomic E-state index is 12.1. The van der Waals surface area contributed by atoms with E-state index >= 15 is 0 Å². The monoisotopic (exact) mass is 296 g/mol. The Labute approximate surface area is 131 Å². The van der Waals surface area contributed by atoms with E-state index in [0.29, 0.717) is 11.8 Å². The summed E-state index contributed by atoms with van der Waals surface area (Å²) in [4.78, 5) is 14.1. The van der Waals surface area contributed by atoms with Crippen molar-refractivity contribution in [2.24, 2.45) is 11.7 Å². The largest absolute Gasteiger partial charge is 0.343 e. The average molecular weight is 296 g/mol. The lowest BCUT2D eigenvalue weighted by Crippen LogP contribution is -2.39. The third-order valence-corrected chi connectivity index (χ3v) is 4.79. The highest BCUT2D eigenvalue weighted by Gasteiger charge is 2.21. The van der Waals surface area contributed by atoms with Crippen molar-refractivity contribution in [2.75, 3.05) is 19.6 Å². The first-order valence-corrected chi connectivity index (χ1v) is 9.25. The second-order valence-electron chi connectivity index (χ2n) is 6.64. The van der Waals surface area contributed by atoms with Gasteiger partial charge in [-0.25, -0.2) is 0 Å². The highest BCUT2D eigenvalue weighted by Crippen LogP contribution is 2.17. The van der Waals surface area contributed by atoms with Crippen LogP contribution in [0.25, 0.3) is 0 Å². The Hall–Kier alpha value is -0.570. The van der Waals surface area contributed by atoms with Crippen molar-refractivity contribution >= 4 is 5.91 Å². The van der Waals surface area contributed by atoms with Crippen molar-refractivity contribution in [1.29, 1.82) is 0 Å². The molecular formula is C18H36N2O. The Morgan fingerprint density at radius 1 is 0.952 bits per heavy atom. The summed E-state index contributed by atoms with van der Waals surface area (Å²) in [6, 6.07) is 0. The van der Waals surface area contributed by atoms with Gasteiger partial charge in [0.15, 0.2) is 0 Å². The van der Waals surface area contributed by atoms with Crippen molar-refractivity contribution < 1.29 is 4.79 Å². The van der Waals surface area contributed by atoms with E-state index in [1.54, 1.807) is 0 Å². The smallest absolute Gasteiger partial charge is 0.222 e. The molecule has 0 aliphatic carbocycles. The molecule has 0 bridgehead atoms. The van der Waals surface area contributed by atoms with Crippen molar-refractivity contribution in [3.8, 4) is 0 Å². The van der Waals surface area contributed by atoms with Crippen LogP contribution in [0.2, 0.25) is 0 Å². The summed E-state index contributed by atoms with van der Waals surface area (Å²) in [6.07, 6.45) is 14.8. The van der Waals surface area contributed by atoms with Gasteiger partial charge in [-0.2, -0.15) is 0 Å². The van der Waals surface area contributed by atoms with Crippen LogP contribution in [0.1, 0.15) is 84.0 Å². The molecule has 0 unspecified atom stereocenters. The van der Waals surface area contributed by atoms with Gasteiger partial charge in [0.1, 0.15) is 0 Å². The predicted molar refractivity (Wildman–Crippen MR) is 90.2 cm³/mol. The number of amides is 1. The number of carbonyl (C=O) groups is 1. The lowest BCUT2D eigenvalue weighted by atomic mass is 9.97. The Morgan fingerprint density at radius 3 is 2.00 bits per heavy atom. The molecule has 3 heteroatoms. The van der Waals surface area contributed by atoms with Gasteiger partial charge in [0.05, 0.1) is 0 Å². The summed E-state index contributed by atoms with van der Waals surface area (Å²) >= 11 is 0. The average Bonchev–Trinajstić information content (AvgIpc) is 2.53. The second-order valence-corrected chi connectivity index (χ2v) is 6.64. The molecule has 1 aliphatic rings. The first-order valence-electron chi connectivity index (χ1n) is 9.25. The molecule has 1 aliphatic heterocycles. The van der Waals surface area contributed by atoms with E-state index < -0.39 is 0 Å². The summed E-state index contributed by atoms with van der Waals surface area (Å²) in [5.74, 6) is 1.01. The zero-order chi connectivity index (χ0) is 15.3. The molecule has 0 radical (unpaired) electrons. The van der Waals surface area contributed by atoms with Crippen LogP contribution in [0.15, 0.2) is 0 Å². The van der Waals surface area contributed by atoms with Crippen LogP contribution in [-0.4, -0.2) is 30.4 Å².